The van der Waals surface area contributed by atoms with E-state index in [0.29, 0.717) is 5.92 Å². The van der Waals surface area contributed by atoms with Crippen LogP contribution in [0.5, 0.6) is 5.75 Å². The molecule has 1 aromatic heterocycles. The third kappa shape index (κ3) is 2.23. The van der Waals surface area contributed by atoms with Crippen LogP contribution in [0.25, 0.3) is 0 Å². The fraction of sp³-hybridized carbons (Fsp3) is 0.353. The third-order valence-electron chi connectivity index (χ3n) is 3.76. The highest BCUT2D eigenvalue weighted by atomic mass is 16.5. The van der Waals surface area contributed by atoms with Crippen molar-refractivity contribution in [3.63, 3.8) is 0 Å². The predicted molar refractivity (Wildman–Crippen MR) is 76.6 cm³/mol. The highest BCUT2D eigenvalue weighted by Gasteiger charge is 2.35. The van der Waals surface area contributed by atoms with E-state index in [1.807, 2.05) is 18.3 Å². The highest BCUT2D eigenvalue weighted by molar-refractivity contribution is 5.44. The summed E-state index contributed by atoms with van der Waals surface area (Å²) in [6.07, 6.45) is 2.84. The molecule has 0 spiro atoms. The Morgan fingerprint density at radius 2 is 1.95 bits per heavy atom. The van der Waals surface area contributed by atoms with Crippen molar-refractivity contribution >= 4 is 0 Å². The lowest BCUT2D eigenvalue weighted by Crippen LogP contribution is -2.35. The Morgan fingerprint density at radius 3 is 2.74 bits per heavy atom. The van der Waals surface area contributed by atoms with E-state index in [9.17, 15) is 0 Å². The molecule has 0 amide bonds. The number of rotatable bonds is 1. The number of pyridine rings is 1. The van der Waals surface area contributed by atoms with E-state index >= 15 is 0 Å². The molecule has 0 saturated heterocycles. The summed E-state index contributed by atoms with van der Waals surface area (Å²) in [5, 5.41) is 0. The Labute approximate surface area is 114 Å². The monoisotopic (exact) mass is 253 g/mol. The van der Waals surface area contributed by atoms with Crippen LogP contribution in [0, 0.1) is 6.92 Å². The van der Waals surface area contributed by atoms with Gasteiger partial charge in [0.2, 0.25) is 0 Å². The van der Waals surface area contributed by atoms with Crippen molar-refractivity contribution in [1.82, 2.24) is 4.98 Å². The van der Waals surface area contributed by atoms with Crippen molar-refractivity contribution in [3.05, 3.63) is 59.4 Å². The first-order valence-electron chi connectivity index (χ1n) is 6.76. The van der Waals surface area contributed by atoms with E-state index in [4.69, 9.17) is 4.74 Å². The van der Waals surface area contributed by atoms with E-state index in [-0.39, 0.29) is 5.60 Å². The molecule has 2 heteroatoms. The lowest BCUT2D eigenvalue weighted by Gasteiger charge is -2.37. The molecule has 98 valence electrons. The molecule has 2 aromatic rings. The van der Waals surface area contributed by atoms with Crippen LogP contribution < -0.4 is 4.74 Å². The fourth-order valence-electron chi connectivity index (χ4n) is 2.91. The molecule has 0 N–H and O–H groups in total. The zero-order valence-corrected chi connectivity index (χ0v) is 11.7. The quantitative estimate of drug-likeness (QED) is 0.764. The second-order valence-corrected chi connectivity index (χ2v) is 5.86. The summed E-state index contributed by atoms with van der Waals surface area (Å²) < 4.78 is 6.08. The summed E-state index contributed by atoms with van der Waals surface area (Å²) in [4.78, 5) is 4.61. The van der Waals surface area contributed by atoms with Crippen LogP contribution in [-0.2, 0) is 0 Å². The fourth-order valence-corrected chi connectivity index (χ4v) is 2.91. The second kappa shape index (κ2) is 4.37. The first-order chi connectivity index (χ1) is 9.07. The minimum Gasteiger partial charge on any atom is -0.488 e. The molecule has 0 fully saturated rings. The molecular weight excluding hydrogens is 234 g/mol. The topological polar surface area (TPSA) is 22.1 Å². The molecule has 19 heavy (non-hydrogen) atoms. The number of benzene rings is 1. The Morgan fingerprint density at radius 1 is 1.16 bits per heavy atom. The van der Waals surface area contributed by atoms with Gasteiger partial charge in [0.05, 0.1) is 5.69 Å². The maximum atomic E-state index is 6.08. The summed E-state index contributed by atoms with van der Waals surface area (Å²) in [6.45, 7) is 6.43. The van der Waals surface area contributed by atoms with Gasteiger partial charge in [0.15, 0.2) is 0 Å². The number of ether oxygens (including phenoxy) is 1. The molecule has 3 rings (SSSR count). The number of fused-ring (bicyclic) bond motifs is 1. The predicted octanol–water partition coefficient (Wildman–Crippen LogP) is 4.08. The minimum absolute atomic E-state index is 0.150. The zero-order valence-electron chi connectivity index (χ0n) is 11.7. The van der Waals surface area contributed by atoms with Crippen LogP contribution in [-0.4, -0.2) is 10.6 Å². The van der Waals surface area contributed by atoms with Crippen LogP contribution >= 0.6 is 0 Å². The van der Waals surface area contributed by atoms with Crippen molar-refractivity contribution in [2.24, 2.45) is 0 Å². The van der Waals surface area contributed by atoms with Gasteiger partial charge >= 0.3 is 0 Å². The second-order valence-electron chi connectivity index (χ2n) is 5.86. The molecule has 2 nitrogen and oxygen atoms in total. The van der Waals surface area contributed by atoms with Gasteiger partial charge in [0.1, 0.15) is 11.4 Å². The van der Waals surface area contributed by atoms with Gasteiger partial charge in [-0.2, -0.15) is 0 Å². The van der Waals surface area contributed by atoms with Gasteiger partial charge in [0.25, 0.3) is 0 Å². The Bertz CT molecular complexity index is 604. The standard InChI is InChI=1S/C17H19NO/c1-12-7-6-10-18-16(12)14-11-17(2,3)19-15-9-5-4-8-13(14)15/h4-10,14H,11H2,1-3H3. The van der Waals surface area contributed by atoms with Gasteiger partial charge < -0.3 is 4.74 Å². The maximum absolute atomic E-state index is 6.08. The van der Waals surface area contributed by atoms with E-state index in [2.05, 4.69) is 50.0 Å². The van der Waals surface area contributed by atoms with E-state index < -0.39 is 0 Å². The van der Waals surface area contributed by atoms with Gasteiger partial charge in [-0.15, -0.1) is 0 Å². The normalized spacial score (nSPS) is 20.5. The Hall–Kier alpha value is -1.83. The number of nitrogens with zero attached hydrogens (tertiary/aromatic N) is 1. The molecule has 1 aliphatic heterocycles. The summed E-state index contributed by atoms with van der Waals surface area (Å²) in [6, 6.07) is 12.4. The summed E-state index contributed by atoms with van der Waals surface area (Å²) >= 11 is 0. The highest BCUT2D eigenvalue weighted by Crippen LogP contribution is 2.43. The zero-order chi connectivity index (χ0) is 13.5. The Balaban J connectivity index is 2.14. The van der Waals surface area contributed by atoms with Gasteiger partial charge in [-0.05, 0) is 44.9 Å². The molecule has 0 bridgehead atoms. The van der Waals surface area contributed by atoms with Gasteiger partial charge in [-0.1, -0.05) is 24.3 Å². The van der Waals surface area contributed by atoms with E-state index in [1.54, 1.807) is 0 Å². The van der Waals surface area contributed by atoms with Crippen molar-refractivity contribution in [3.8, 4) is 5.75 Å². The largest absolute Gasteiger partial charge is 0.488 e. The van der Waals surface area contributed by atoms with Crippen molar-refractivity contribution in [2.75, 3.05) is 0 Å². The SMILES string of the molecule is Cc1cccnc1C1CC(C)(C)Oc2ccccc21. The summed E-state index contributed by atoms with van der Waals surface area (Å²) in [7, 11) is 0. The molecular formula is C17H19NO. The van der Waals surface area contributed by atoms with Crippen molar-refractivity contribution < 1.29 is 4.74 Å². The summed E-state index contributed by atoms with van der Waals surface area (Å²) in [5.74, 6) is 1.31. The van der Waals surface area contributed by atoms with Crippen LogP contribution in [0.4, 0.5) is 0 Å². The van der Waals surface area contributed by atoms with Crippen LogP contribution in [0.15, 0.2) is 42.6 Å². The lowest BCUT2D eigenvalue weighted by molar-refractivity contribution is 0.0768. The number of hydrogen-bond donors (Lipinski definition) is 0. The van der Waals surface area contributed by atoms with E-state index in [0.717, 1.165) is 12.2 Å². The smallest absolute Gasteiger partial charge is 0.123 e. The molecule has 2 heterocycles. The summed E-state index contributed by atoms with van der Waals surface area (Å²) in [5.41, 5.74) is 3.53. The maximum Gasteiger partial charge on any atom is 0.123 e. The average molecular weight is 253 g/mol. The Kier molecular flexibility index (Phi) is 2.81. The van der Waals surface area contributed by atoms with E-state index in [1.165, 1.54) is 16.8 Å². The first-order valence-corrected chi connectivity index (χ1v) is 6.76. The first kappa shape index (κ1) is 12.2. The number of aryl methyl sites for hydroxylation is 1. The molecule has 0 radical (unpaired) electrons. The number of para-hydroxylation sites is 1. The van der Waals surface area contributed by atoms with Gasteiger partial charge in [0, 0.05) is 17.7 Å². The molecule has 0 saturated carbocycles. The molecule has 1 unspecified atom stereocenters. The molecule has 1 atom stereocenters. The lowest BCUT2D eigenvalue weighted by atomic mass is 9.81. The average Bonchev–Trinajstić information content (AvgIpc) is 2.37. The van der Waals surface area contributed by atoms with Crippen molar-refractivity contribution in [1.29, 1.82) is 0 Å². The van der Waals surface area contributed by atoms with Crippen LogP contribution in [0.1, 0.15) is 43.0 Å². The van der Waals surface area contributed by atoms with Crippen molar-refractivity contribution in [2.45, 2.75) is 38.7 Å². The number of aromatic nitrogens is 1. The van der Waals surface area contributed by atoms with Crippen LogP contribution in [0.2, 0.25) is 0 Å². The van der Waals surface area contributed by atoms with Gasteiger partial charge in [-0.25, -0.2) is 0 Å². The third-order valence-corrected chi connectivity index (χ3v) is 3.76. The molecule has 1 aromatic carbocycles. The number of hydrogen-bond acceptors (Lipinski definition) is 2. The minimum atomic E-state index is -0.150. The molecule has 1 aliphatic rings. The molecule has 0 aliphatic carbocycles. The van der Waals surface area contributed by atoms with Crippen LogP contribution in [0.3, 0.4) is 0 Å². The van der Waals surface area contributed by atoms with Gasteiger partial charge in [-0.3, -0.25) is 4.98 Å².